The molecule has 1 heterocycles. The van der Waals surface area contributed by atoms with Crippen LogP contribution in [0.1, 0.15) is 71.1 Å². The Bertz CT molecular complexity index is 276. The molecule has 0 saturated carbocycles. The van der Waals surface area contributed by atoms with Crippen LogP contribution in [-0.4, -0.2) is 30.7 Å². The van der Waals surface area contributed by atoms with Gasteiger partial charge in [0.2, 0.25) is 0 Å². The third-order valence-electron chi connectivity index (χ3n) is 4.48. The minimum Gasteiger partial charge on any atom is -1.00 e. The van der Waals surface area contributed by atoms with Gasteiger partial charge in [-0.1, -0.05) is 45.4 Å². The van der Waals surface area contributed by atoms with Gasteiger partial charge in [-0.05, 0) is 22.7 Å². The maximum Gasteiger partial charge on any atom is 0.141 e. The van der Waals surface area contributed by atoms with E-state index in [1.165, 1.54) is 88.3 Å². The molecule has 0 aromatic heterocycles. The smallest absolute Gasteiger partial charge is 0.141 e. The van der Waals surface area contributed by atoms with Gasteiger partial charge in [0.15, 0.2) is 0 Å². The van der Waals surface area contributed by atoms with Crippen molar-refractivity contribution in [2.75, 3.05) is 26.2 Å². The van der Waals surface area contributed by atoms with Crippen molar-refractivity contribution in [1.82, 2.24) is 0 Å². The fourth-order valence-electron chi connectivity index (χ4n) is 3.25. The van der Waals surface area contributed by atoms with Gasteiger partial charge in [0, 0.05) is 35.4 Å². The zero-order valence-corrected chi connectivity index (χ0v) is 16.8. The topological polar surface area (TPSA) is 0 Å². The number of halogens is 2. The maximum absolute atomic E-state index is 3.32. The van der Waals surface area contributed by atoms with E-state index in [4.69, 9.17) is 0 Å². The molecular formula is C17H31BrIN. The number of hydrogen-bond donors (Lipinski definition) is 0. The summed E-state index contributed by atoms with van der Waals surface area (Å²) in [6, 6.07) is 0. The molecular weight excluding hydrogens is 425 g/mol. The van der Waals surface area contributed by atoms with E-state index in [2.05, 4.69) is 39.4 Å². The number of nitrogens with zero attached hydrogens (tertiary/aromatic N) is 1. The van der Waals surface area contributed by atoms with Crippen molar-refractivity contribution in [3.05, 3.63) is 0 Å². The Morgan fingerprint density at radius 3 is 2.00 bits per heavy atom. The molecule has 0 amide bonds. The summed E-state index contributed by atoms with van der Waals surface area (Å²) in [5.41, 5.74) is 0. The number of hydrogen-bond acceptors (Lipinski definition) is 0. The zero-order valence-electron chi connectivity index (χ0n) is 13.1. The standard InChI is InChI=1S/C17H31IN.BrH/c1-2-3-4-5-6-7-8-9-14-19(17-12-13-18)15-10-11-16-19;/h2-11,14-17H2,1H3;1H/q+1;/p-1. The average molecular weight is 456 g/mol. The molecule has 0 radical (unpaired) electrons. The maximum atomic E-state index is 3.32. The van der Waals surface area contributed by atoms with Crippen molar-refractivity contribution in [2.45, 2.75) is 71.1 Å². The molecule has 0 aliphatic carbocycles. The SMILES string of the molecule is CCCCCCCCCC[N+]1(CC#CI)CCCC1.[Br-]. The number of unbranched alkanes of at least 4 members (excludes halogenated alkanes) is 7. The van der Waals surface area contributed by atoms with E-state index in [1.807, 2.05) is 0 Å². The van der Waals surface area contributed by atoms with Crippen molar-refractivity contribution in [1.29, 1.82) is 0 Å². The molecule has 0 spiro atoms. The van der Waals surface area contributed by atoms with Gasteiger partial charge >= 0.3 is 0 Å². The van der Waals surface area contributed by atoms with Crippen LogP contribution < -0.4 is 17.0 Å². The molecule has 3 heteroatoms. The average Bonchev–Trinajstić information content (AvgIpc) is 2.89. The Morgan fingerprint density at radius 2 is 1.45 bits per heavy atom. The van der Waals surface area contributed by atoms with Crippen LogP contribution in [0.3, 0.4) is 0 Å². The minimum atomic E-state index is 0. The highest BCUT2D eigenvalue weighted by atomic mass is 127. The van der Waals surface area contributed by atoms with Gasteiger partial charge in [0.25, 0.3) is 0 Å². The first kappa shape index (κ1) is 20.7. The van der Waals surface area contributed by atoms with Gasteiger partial charge < -0.3 is 21.5 Å². The second-order valence-electron chi connectivity index (χ2n) is 6.12. The lowest BCUT2D eigenvalue weighted by molar-refractivity contribution is -0.910. The van der Waals surface area contributed by atoms with E-state index in [9.17, 15) is 0 Å². The van der Waals surface area contributed by atoms with Crippen LogP contribution in [-0.2, 0) is 0 Å². The van der Waals surface area contributed by atoms with Crippen LogP contribution in [0.4, 0.5) is 0 Å². The number of rotatable bonds is 10. The van der Waals surface area contributed by atoms with Gasteiger partial charge in [-0.2, -0.15) is 0 Å². The lowest BCUT2D eigenvalue weighted by atomic mass is 10.1. The van der Waals surface area contributed by atoms with Crippen LogP contribution >= 0.6 is 22.6 Å². The largest absolute Gasteiger partial charge is 1.00 e. The Kier molecular flexibility index (Phi) is 13.9. The summed E-state index contributed by atoms with van der Waals surface area (Å²) in [6.45, 7) is 7.51. The predicted molar refractivity (Wildman–Crippen MR) is 93.4 cm³/mol. The Morgan fingerprint density at radius 1 is 0.900 bits per heavy atom. The molecule has 1 nitrogen and oxygen atoms in total. The van der Waals surface area contributed by atoms with Crippen molar-refractivity contribution in [2.24, 2.45) is 0 Å². The highest BCUT2D eigenvalue weighted by Crippen LogP contribution is 2.20. The van der Waals surface area contributed by atoms with Crippen molar-refractivity contribution >= 4 is 22.6 Å². The molecule has 0 aromatic rings. The second-order valence-corrected chi connectivity index (χ2v) is 6.66. The highest BCUT2D eigenvalue weighted by molar-refractivity contribution is 14.1. The molecule has 0 atom stereocenters. The quantitative estimate of drug-likeness (QED) is 0.205. The van der Waals surface area contributed by atoms with Crippen LogP contribution in [0.5, 0.6) is 0 Å². The van der Waals surface area contributed by atoms with Crippen LogP contribution in [0.15, 0.2) is 0 Å². The first-order valence-electron chi connectivity index (χ1n) is 8.26. The normalized spacial score (nSPS) is 16.3. The summed E-state index contributed by atoms with van der Waals surface area (Å²) in [4.78, 5) is 0. The first-order valence-corrected chi connectivity index (χ1v) is 9.34. The first-order chi connectivity index (χ1) is 9.33. The summed E-state index contributed by atoms with van der Waals surface area (Å²) >= 11 is 2.18. The van der Waals surface area contributed by atoms with E-state index in [0.717, 1.165) is 6.54 Å². The summed E-state index contributed by atoms with van der Waals surface area (Å²) in [7, 11) is 0. The van der Waals surface area contributed by atoms with Crippen molar-refractivity contribution < 1.29 is 21.5 Å². The monoisotopic (exact) mass is 455 g/mol. The van der Waals surface area contributed by atoms with Gasteiger partial charge in [-0.15, -0.1) is 0 Å². The van der Waals surface area contributed by atoms with Crippen LogP contribution in [0, 0.1) is 9.85 Å². The minimum absolute atomic E-state index is 0. The molecule has 0 N–H and O–H groups in total. The van der Waals surface area contributed by atoms with Crippen molar-refractivity contribution in [3.63, 3.8) is 0 Å². The van der Waals surface area contributed by atoms with Crippen LogP contribution in [0.25, 0.3) is 0 Å². The van der Waals surface area contributed by atoms with E-state index in [-0.39, 0.29) is 17.0 Å². The fourth-order valence-corrected chi connectivity index (χ4v) is 3.42. The van der Waals surface area contributed by atoms with Gasteiger partial charge in [-0.25, -0.2) is 0 Å². The third kappa shape index (κ3) is 8.89. The van der Waals surface area contributed by atoms with Crippen LogP contribution in [0.2, 0.25) is 0 Å². The van der Waals surface area contributed by atoms with E-state index in [0.29, 0.717) is 0 Å². The van der Waals surface area contributed by atoms with Crippen molar-refractivity contribution in [3.8, 4) is 9.85 Å². The summed E-state index contributed by atoms with van der Waals surface area (Å²) < 4.78 is 4.35. The fraction of sp³-hybridized carbons (Fsp3) is 0.882. The van der Waals surface area contributed by atoms with E-state index in [1.54, 1.807) is 0 Å². The third-order valence-corrected chi connectivity index (χ3v) is 4.86. The van der Waals surface area contributed by atoms with Gasteiger partial charge in [0.1, 0.15) is 6.54 Å². The molecule has 20 heavy (non-hydrogen) atoms. The number of likely N-dealkylation sites (tertiary alicyclic amines) is 1. The molecule has 0 aromatic carbocycles. The molecule has 1 fully saturated rings. The molecule has 118 valence electrons. The lowest BCUT2D eigenvalue weighted by Gasteiger charge is -2.32. The molecule has 1 saturated heterocycles. The Hall–Kier alpha value is 0.730. The van der Waals surface area contributed by atoms with E-state index >= 15 is 0 Å². The Labute approximate surface area is 150 Å². The van der Waals surface area contributed by atoms with E-state index < -0.39 is 0 Å². The number of quaternary nitrogens is 1. The second kappa shape index (κ2) is 13.4. The summed E-state index contributed by atoms with van der Waals surface area (Å²) in [5.74, 6) is 3.32. The molecule has 0 bridgehead atoms. The van der Waals surface area contributed by atoms with Gasteiger partial charge in [-0.3, -0.25) is 0 Å². The molecule has 0 unspecified atom stereocenters. The lowest BCUT2D eigenvalue weighted by Crippen LogP contribution is -3.00. The summed E-state index contributed by atoms with van der Waals surface area (Å²) in [5, 5.41) is 0. The highest BCUT2D eigenvalue weighted by Gasteiger charge is 2.30. The molecule has 1 aliphatic heterocycles. The van der Waals surface area contributed by atoms with Gasteiger partial charge in [0.05, 0.1) is 19.6 Å². The molecule has 1 aliphatic rings. The Balaban J connectivity index is 0.00000361. The molecule has 1 rings (SSSR count). The predicted octanol–water partition coefficient (Wildman–Crippen LogP) is 2.14. The zero-order chi connectivity index (χ0) is 13.8. The summed E-state index contributed by atoms with van der Waals surface area (Å²) in [6.07, 6.45) is 14.3.